The molecule has 1 saturated carbocycles. The second-order valence-electron chi connectivity index (χ2n) is 7.33. The summed E-state index contributed by atoms with van der Waals surface area (Å²) in [6, 6.07) is 0.101. The molecule has 1 aromatic heterocycles. The van der Waals surface area contributed by atoms with Crippen molar-refractivity contribution in [1.29, 1.82) is 0 Å². The Balaban J connectivity index is 0.00000169. The standard InChI is InChI=1S/C17H30N4O2S.2ClH/c1-3-11-24(22,23)19-17-13-20(12-16(17)15-5-6-15)8-4-9-21-10-7-18-14(21)2;;/h7,10,15-17,19H,3-6,8-9,11-13H2,1-2H3;2*1H/t16-,17+;;/m1../s1. The summed E-state index contributed by atoms with van der Waals surface area (Å²) in [6.45, 7) is 7.82. The van der Waals surface area contributed by atoms with E-state index in [1.807, 2.05) is 26.2 Å². The molecule has 6 nitrogen and oxygen atoms in total. The largest absolute Gasteiger partial charge is 0.335 e. The molecular formula is C17H32Cl2N4O2S. The summed E-state index contributed by atoms with van der Waals surface area (Å²) >= 11 is 0. The van der Waals surface area contributed by atoms with Gasteiger partial charge in [-0.1, -0.05) is 6.92 Å². The Morgan fingerprint density at radius 1 is 1.23 bits per heavy atom. The maximum absolute atomic E-state index is 12.1. The van der Waals surface area contributed by atoms with Crippen LogP contribution in [0.4, 0.5) is 0 Å². The van der Waals surface area contributed by atoms with Gasteiger partial charge >= 0.3 is 0 Å². The van der Waals surface area contributed by atoms with Crippen molar-refractivity contribution in [3.63, 3.8) is 0 Å². The molecule has 0 spiro atoms. The van der Waals surface area contributed by atoms with Gasteiger partial charge in [0.1, 0.15) is 5.82 Å². The van der Waals surface area contributed by atoms with Gasteiger partial charge in [-0.25, -0.2) is 18.1 Å². The number of rotatable bonds is 9. The highest BCUT2D eigenvalue weighted by Gasteiger charge is 2.43. The van der Waals surface area contributed by atoms with Crippen molar-refractivity contribution < 1.29 is 8.42 Å². The van der Waals surface area contributed by atoms with Crippen molar-refractivity contribution >= 4 is 34.8 Å². The van der Waals surface area contributed by atoms with E-state index in [9.17, 15) is 8.42 Å². The Labute approximate surface area is 170 Å². The van der Waals surface area contributed by atoms with Gasteiger partial charge in [0.2, 0.25) is 10.0 Å². The highest BCUT2D eigenvalue weighted by Crippen LogP contribution is 2.41. The van der Waals surface area contributed by atoms with Crippen molar-refractivity contribution in [2.45, 2.75) is 52.1 Å². The third kappa shape index (κ3) is 6.37. The van der Waals surface area contributed by atoms with E-state index in [0.29, 0.717) is 12.3 Å². The molecule has 0 bridgehead atoms. The van der Waals surface area contributed by atoms with Gasteiger partial charge in [0.05, 0.1) is 5.75 Å². The molecule has 0 radical (unpaired) electrons. The second-order valence-corrected chi connectivity index (χ2v) is 9.20. The number of halogens is 2. The first-order valence-electron chi connectivity index (χ1n) is 9.18. The number of aromatic nitrogens is 2. The zero-order valence-electron chi connectivity index (χ0n) is 15.6. The Morgan fingerprint density at radius 2 is 1.96 bits per heavy atom. The first-order valence-corrected chi connectivity index (χ1v) is 10.8. The van der Waals surface area contributed by atoms with Crippen LogP contribution in [0.1, 0.15) is 38.4 Å². The van der Waals surface area contributed by atoms with Gasteiger partial charge in [-0.2, -0.15) is 0 Å². The van der Waals surface area contributed by atoms with Crippen LogP contribution in [0.3, 0.4) is 0 Å². The second kappa shape index (κ2) is 10.3. The summed E-state index contributed by atoms with van der Waals surface area (Å²) in [5.41, 5.74) is 0. The van der Waals surface area contributed by atoms with Crippen LogP contribution in [-0.2, 0) is 16.6 Å². The van der Waals surface area contributed by atoms with Crippen molar-refractivity contribution in [3.8, 4) is 0 Å². The molecule has 0 amide bonds. The number of aryl methyl sites for hydroxylation is 2. The minimum atomic E-state index is -3.13. The molecule has 0 unspecified atom stereocenters. The summed E-state index contributed by atoms with van der Waals surface area (Å²) in [4.78, 5) is 6.69. The van der Waals surface area contributed by atoms with Gasteiger partial charge in [-0.05, 0) is 51.0 Å². The van der Waals surface area contributed by atoms with Gasteiger partial charge in [-0.3, -0.25) is 0 Å². The molecule has 1 aliphatic carbocycles. The van der Waals surface area contributed by atoms with Crippen LogP contribution in [0.25, 0.3) is 0 Å². The highest BCUT2D eigenvalue weighted by atomic mass is 35.5. The lowest BCUT2D eigenvalue weighted by Crippen LogP contribution is -2.42. The summed E-state index contributed by atoms with van der Waals surface area (Å²) in [6.07, 6.45) is 8.13. The molecule has 3 rings (SSSR count). The lowest BCUT2D eigenvalue weighted by Gasteiger charge is -2.19. The highest BCUT2D eigenvalue weighted by molar-refractivity contribution is 7.89. The number of nitrogens with one attached hydrogen (secondary N) is 1. The van der Waals surface area contributed by atoms with Gasteiger partial charge in [0.15, 0.2) is 0 Å². The van der Waals surface area contributed by atoms with E-state index in [-0.39, 0.29) is 36.6 Å². The zero-order valence-corrected chi connectivity index (χ0v) is 18.1. The topological polar surface area (TPSA) is 67.2 Å². The van der Waals surface area contributed by atoms with Crippen LogP contribution in [0.2, 0.25) is 0 Å². The fraction of sp³-hybridized carbons (Fsp3) is 0.824. The molecule has 152 valence electrons. The Bertz CT molecular complexity index is 649. The molecule has 1 aromatic rings. The normalized spacial score (nSPS) is 23.5. The average molecular weight is 427 g/mol. The molecule has 1 N–H and O–H groups in total. The lowest BCUT2D eigenvalue weighted by molar-refractivity contribution is 0.305. The molecule has 1 aliphatic heterocycles. The van der Waals surface area contributed by atoms with E-state index in [2.05, 4.69) is 19.2 Å². The molecule has 2 aliphatic rings. The molecule has 26 heavy (non-hydrogen) atoms. The van der Waals surface area contributed by atoms with E-state index in [1.54, 1.807) is 0 Å². The van der Waals surface area contributed by atoms with Crippen molar-refractivity contribution in [2.75, 3.05) is 25.4 Å². The number of likely N-dealkylation sites (tertiary alicyclic amines) is 1. The molecule has 1 saturated heterocycles. The van der Waals surface area contributed by atoms with Crippen molar-refractivity contribution in [1.82, 2.24) is 19.2 Å². The van der Waals surface area contributed by atoms with E-state index in [1.165, 1.54) is 12.8 Å². The Morgan fingerprint density at radius 3 is 2.54 bits per heavy atom. The van der Waals surface area contributed by atoms with Crippen LogP contribution in [0, 0.1) is 18.8 Å². The van der Waals surface area contributed by atoms with Crippen LogP contribution in [0.15, 0.2) is 12.4 Å². The monoisotopic (exact) mass is 426 g/mol. The third-order valence-corrected chi connectivity index (χ3v) is 6.88. The lowest BCUT2D eigenvalue weighted by atomic mass is 9.99. The molecule has 0 aromatic carbocycles. The van der Waals surface area contributed by atoms with Crippen LogP contribution in [-0.4, -0.2) is 54.3 Å². The summed E-state index contributed by atoms with van der Waals surface area (Å²) in [5.74, 6) is 2.50. The van der Waals surface area contributed by atoms with E-state index in [4.69, 9.17) is 0 Å². The minimum absolute atomic E-state index is 0. The molecule has 2 heterocycles. The predicted octanol–water partition coefficient (Wildman–Crippen LogP) is 2.47. The zero-order chi connectivity index (χ0) is 17.2. The fourth-order valence-electron chi connectivity index (χ4n) is 3.89. The molecule has 2 fully saturated rings. The van der Waals surface area contributed by atoms with Gasteiger partial charge in [-0.15, -0.1) is 24.8 Å². The molecule has 2 atom stereocenters. The van der Waals surface area contributed by atoms with Crippen molar-refractivity contribution in [3.05, 3.63) is 18.2 Å². The number of sulfonamides is 1. The SMILES string of the molecule is CCCS(=O)(=O)N[C@H]1CN(CCCn2ccnc2C)C[C@@H]1C1CC1.Cl.Cl. The Hall–Kier alpha value is -0.340. The number of hydrogen-bond donors (Lipinski definition) is 1. The summed E-state index contributed by atoms with van der Waals surface area (Å²) in [7, 11) is -3.13. The summed E-state index contributed by atoms with van der Waals surface area (Å²) < 4.78 is 29.5. The average Bonchev–Trinajstić information content (AvgIpc) is 3.16. The van der Waals surface area contributed by atoms with E-state index >= 15 is 0 Å². The van der Waals surface area contributed by atoms with Gasteiger partial charge in [0, 0.05) is 38.1 Å². The minimum Gasteiger partial charge on any atom is -0.335 e. The smallest absolute Gasteiger partial charge is 0.211 e. The van der Waals surface area contributed by atoms with E-state index in [0.717, 1.165) is 44.3 Å². The van der Waals surface area contributed by atoms with Crippen LogP contribution >= 0.6 is 24.8 Å². The Kier molecular flexibility index (Phi) is 9.36. The number of hydrogen-bond acceptors (Lipinski definition) is 4. The molecular weight excluding hydrogens is 395 g/mol. The van der Waals surface area contributed by atoms with Gasteiger partial charge in [0.25, 0.3) is 0 Å². The maximum atomic E-state index is 12.1. The third-order valence-electron chi connectivity index (χ3n) is 5.27. The molecule has 9 heteroatoms. The predicted molar refractivity (Wildman–Crippen MR) is 110 cm³/mol. The first-order chi connectivity index (χ1) is 11.5. The number of nitrogens with zero attached hydrogens (tertiary/aromatic N) is 3. The van der Waals surface area contributed by atoms with Crippen LogP contribution in [0.5, 0.6) is 0 Å². The van der Waals surface area contributed by atoms with Gasteiger partial charge < -0.3 is 9.47 Å². The fourth-order valence-corrected chi connectivity index (χ4v) is 5.25. The number of imidazole rings is 1. The van der Waals surface area contributed by atoms with E-state index < -0.39 is 10.0 Å². The quantitative estimate of drug-likeness (QED) is 0.658. The van der Waals surface area contributed by atoms with Crippen LogP contribution < -0.4 is 4.72 Å². The summed E-state index contributed by atoms with van der Waals surface area (Å²) in [5, 5.41) is 0. The maximum Gasteiger partial charge on any atom is 0.211 e. The van der Waals surface area contributed by atoms with Crippen molar-refractivity contribution in [2.24, 2.45) is 11.8 Å². The first kappa shape index (κ1) is 23.7.